The van der Waals surface area contributed by atoms with Gasteiger partial charge < -0.3 is 9.73 Å². The average Bonchev–Trinajstić information content (AvgIpc) is 2.88. The fourth-order valence-corrected chi connectivity index (χ4v) is 3.37. The normalized spacial score (nSPS) is 23.3. The molecule has 0 radical (unpaired) electrons. The van der Waals surface area contributed by atoms with E-state index in [0.717, 1.165) is 29.8 Å². The molecule has 3 heteroatoms. The standard InChI is InChI=1S/C17H22FNO/c1-2-19-11-12-5-3-4-6-15(12)17-10-13-9-14(18)7-8-16(13)20-17/h7-10,12,15,19H,2-6,11H2,1H3. The number of hydrogen-bond donors (Lipinski definition) is 1. The molecule has 0 amide bonds. The van der Waals surface area contributed by atoms with Crippen LogP contribution in [0.4, 0.5) is 4.39 Å². The maximum Gasteiger partial charge on any atom is 0.134 e. The highest BCUT2D eigenvalue weighted by Crippen LogP contribution is 2.39. The average molecular weight is 275 g/mol. The van der Waals surface area contributed by atoms with Gasteiger partial charge in [0.2, 0.25) is 0 Å². The lowest BCUT2D eigenvalue weighted by Gasteiger charge is -2.30. The van der Waals surface area contributed by atoms with Gasteiger partial charge in [0.25, 0.3) is 0 Å². The van der Waals surface area contributed by atoms with Crippen molar-refractivity contribution in [1.29, 1.82) is 0 Å². The molecule has 2 atom stereocenters. The Bertz CT molecular complexity index is 577. The third-order valence-corrected chi connectivity index (χ3v) is 4.43. The number of nitrogens with one attached hydrogen (secondary N) is 1. The van der Waals surface area contributed by atoms with Crippen LogP contribution in [0.1, 0.15) is 44.3 Å². The molecule has 1 N–H and O–H groups in total. The first-order chi connectivity index (χ1) is 9.78. The van der Waals surface area contributed by atoms with Crippen LogP contribution in [0, 0.1) is 11.7 Å². The van der Waals surface area contributed by atoms with Gasteiger partial charge in [-0.05, 0) is 56.1 Å². The van der Waals surface area contributed by atoms with Gasteiger partial charge in [-0.15, -0.1) is 0 Å². The zero-order chi connectivity index (χ0) is 13.9. The highest BCUT2D eigenvalue weighted by atomic mass is 19.1. The molecule has 0 bridgehead atoms. The van der Waals surface area contributed by atoms with Crippen LogP contribution in [0.15, 0.2) is 28.7 Å². The third-order valence-electron chi connectivity index (χ3n) is 4.43. The number of rotatable bonds is 4. The van der Waals surface area contributed by atoms with E-state index in [9.17, 15) is 4.39 Å². The SMILES string of the molecule is CCNCC1CCCCC1c1cc2cc(F)ccc2o1. The van der Waals surface area contributed by atoms with Crippen molar-refractivity contribution in [2.45, 2.75) is 38.5 Å². The molecule has 20 heavy (non-hydrogen) atoms. The zero-order valence-corrected chi connectivity index (χ0v) is 12.0. The Labute approximate surface area is 119 Å². The van der Waals surface area contributed by atoms with E-state index in [1.165, 1.54) is 31.7 Å². The predicted octanol–water partition coefficient (Wildman–Crippen LogP) is 4.46. The van der Waals surface area contributed by atoms with Crippen molar-refractivity contribution in [2.75, 3.05) is 13.1 Å². The summed E-state index contributed by atoms with van der Waals surface area (Å²) >= 11 is 0. The fraction of sp³-hybridized carbons (Fsp3) is 0.529. The van der Waals surface area contributed by atoms with Crippen LogP contribution < -0.4 is 5.32 Å². The van der Waals surface area contributed by atoms with Crippen LogP contribution >= 0.6 is 0 Å². The third kappa shape index (κ3) is 2.73. The van der Waals surface area contributed by atoms with E-state index in [-0.39, 0.29) is 5.82 Å². The van der Waals surface area contributed by atoms with Gasteiger partial charge in [-0.1, -0.05) is 19.8 Å². The summed E-state index contributed by atoms with van der Waals surface area (Å²) in [5.74, 6) is 1.94. The maximum atomic E-state index is 13.3. The monoisotopic (exact) mass is 275 g/mol. The molecule has 1 fully saturated rings. The first kappa shape index (κ1) is 13.6. The van der Waals surface area contributed by atoms with Crippen molar-refractivity contribution < 1.29 is 8.81 Å². The Kier molecular flexibility index (Phi) is 4.06. The van der Waals surface area contributed by atoms with Gasteiger partial charge in [0.1, 0.15) is 17.2 Å². The second-order valence-corrected chi connectivity index (χ2v) is 5.79. The van der Waals surface area contributed by atoms with E-state index < -0.39 is 0 Å². The summed E-state index contributed by atoms with van der Waals surface area (Å²) in [5, 5.41) is 4.34. The molecule has 1 aliphatic carbocycles. The van der Waals surface area contributed by atoms with E-state index in [4.69, 9.17) is 4.42 Å². The number of hydrogen-bond acceptors (Lipinski definition) is 2. The lowest BCUT2D eigenvalue weighted by molar-refractivity contribution is 0.269. The molecule has 1 aliphatic rings. The summed E-state index contributed by atoms with van der Waals surface area (Å²) < 4.78 is 19.3. The molecule has 0 saturated heterocycles. The molecule has 1 aromatic heterocycles. The van der Waals surface area contributed by atoms with Crippen LogP contribution in [0.2, 0.25) is 0 Å². The van der Waals surface area contributed by atoms with Crippen molar-refractivity contribution in [3.05, 3.63) is 35.8 Å². The minimum Gasteiger partial charge on any atom is -0.461 e. The van der Waals surface area contributed by atoms with Crippen LogP contribution in [-0.2, 0) is 0 Å². The lowest BCUT2D eigenvalue weighted by atomic mass is 9.78. The summed E-state index contributed by atoms with van der Waals surface area (Å²) in [6, 6.07) is 6.79. The Hall–Kier alpha value is -1.35. The Morgan fingerprint density at radius 1 is 1.25 bits per heavy atom. The Balaban J connectivity index is 1.86. The molecular weight excluding hydrogens is 253 g/mol. The van der Waals surface area contributed by atoms with Crippen molar-refractivity contribution in [2.24, 2.45) is 5.92 Å². The van der Waals surface area contributed by atoms with Gasteiger partial charge in [-0.25, -0.2) is 4.39 Å². The van der Waals surface area contributed by atoms with E-state index in [2.05, 4.69) is 12.2 Å². The molecule has 2 nitrogen and oxygen atoms in total. The summed E-state index contributed by atoms with van der Waals surface area (Å²) in [5.41, 5.74) is 0.800. The van der Waals surface area contributed by atoms with Crippen LogP contribution in [0.5, 0.6) is 0 Å². The number of fused-ring (bicyclic) bond motifs is 1. The second kappa shape index (κ2) is 5.96. The molecule has 1 saturated carbocycles. The minimum atomic E-state index is -0.197. The van der Waals surface area contributed by atoms with Crippen molar-refractivity contribution >= 4 is 11.0 Å². The van der Waals surface area contributed by atoms with Gasteiger partial charge in [0, 0.05) is 11.3 Å². The number of benzene rings is 1. The van der Waals surface area contributed by atoms with Gasteiger partial charge in [-0.2, -0.15) is 0 Å². The largest absolute Gasteiger partial charge is 0.461 e. The van der Waals surface area contributed by atoms with Gasteiger partial charge in [-0.3, -0.25) is 0 Å². The Morgan fingerprint density at radius 3 is 2.95 bits per heavy atom. The van der Waals surface area contributed by atoms with Crippen LogP contribution in [-0.4, -0.2) is 13.1 Å². The van der Waals surface area contributed by atoms with Crippen molar-refractivity contribution in [3.63, 3.8) is 0 Å². The first-order valence-corrected chi connectivity index (χ1v) is 7.67. The van der Waals surface area contributed by atoms with Crippen LogP contribution in [0.25, 0.3) is 11.0 Å². The molecule has 1 aromatic carbocycles. The molecule has 0 aliphatic heterocycles. The number of halogens is 1. The molecular formula is C17H22FNO. The minimum absolute atomic E-state index is 0.197. The smallest absolute Gasteiger partial charge is 0.134 e. The summed E-state index contributed by atoms with van der Waals surface area (Å²) in [6.07, 6.45) is 5.00. The van der Waals surface area contributed by atoms with E-state index in [1.54, 1.807) is 12.1 Å². The van der Waals surface area contributed by atoms with E-state index in [0.29, 0.717) is 11.8 Å². The fourth-order valence-electron chi connectivity index (χ4n) is 3.37. The zero-order valence-electron chi connectivity index (χ0n) is 12.0. The van der Waals surface area contributed by atoms with E-state index >= 15 is 0 Å². The van der Waals surface area contributed by atoms with Crippen molar-refractivity contribution in [3.8, 4) is 0 Å². The van der Waals surface area contributed by atoms with Crippen LogP contribution in [0.3, 0.4) is 0 Å². The van der Waals surface area contributed by atoms with Gasteiger partial charge in [0.15, 0.2) is 0 Å². The highest BCUT2D eigenvalue weighted by molar-refractivity contribution is 5.78. The molecule has 108 valence electrons. The molecule has 0 spiro atoms. The predicted molar refractivity (Wildman–Crippen MR) is 79.4 cm³/mol. The molecule has 1 heterocycles. The van der Waals surface area contributed by atoms with Crippen molar-refractivity contribution in [1.82, 2.24) is 5.32 Å². The second-order valence-electron chi connectivity index (χ2n) is 5.79. The summed E-state index contributed by atoms with van der Waals surface area (Å²) in [4.78, 5) is 0. The first-order valence-electron chi connectivity index (χ1n) is 7.67. The molecule has 2 unspecified atom stereocenters. The summed E-state index contributed by atoms with van der Waals surface area (Å²) in [6.45, 7) is 4.20. The van der Waals surface area contributed by atoms with E-state index in [1.807, 2.05) is 6.07 Å². The maximum absolute atomic E-state index is 13.3. The quantitative estimate of drug-likeness (QED) is 0.891. The number of furan rings is 1. The topological polar surface area (TPSA) is 25.2 Å². The lowest BCUT2D eigenvalue weighted by Crippen LogP contribution is -2.29. The molecule has 3 rings (SSSR count). The van der Waals surface area contributed by atoms with Gasteiger partial charge in [0.05, 0.1) is 0 Å². The highest BCUT2D eigenvalue weighted by Gasteiger charge is 2.28. The van der Waals surface area contributed by atoms with Gasteiger partial charge >= 0.3 is 0 Å². The summed E-state index contributed by atoms with van der Waals surface area (Å²) in [7, 11) is 0. The molecule has 2 aromatic rings. The Morgan fingerprint density at radius 2 is 2.10 bits per heavy atom.